The van der Waals surface area contributed by atoms with Crippen LogP contribution in [0.1, 0.15) is 20.7 Å². The van der Waals surface area contributed by atoms with E-state index in [1.165, 1.54) is 6.42 Å². The normalized spacial score (nSPS) is 42.0. The van der Waals surface area contributed by atoms with Crippen LogP contribution in [-0.4, -0.2) is 12.1 Å². The Morgan fingerprint density at radius 3 is 1.71 bits per heavy atom. The number of rotatable bonds is 0. The van der Waals surface area contributed by atoms with Gasteiger partial charge in [-0.25, -0.2) is 0 Å². The Balaban J connectivity index is 0.000000490. The second-order valence-corrected chi connectivity index (χ2v) is 2.26. The van der Waals surface area contributed by atoms with E-state index in [-0.39, 0.29) is 1.43 Å². The maximum Gasteiger partial charge on any atom is 1.00 e. The Kier molecular flexibility index (Phi) is 1.30. The lowest BCUT2D eigenvalue weighted by molar-refractivity contribution is 0.603. The zero-order valence-corrected chi connectivity index (χ0v) is 4.43. The van der Waals surface area contributed by atoms with Gasteiger partial charge >= 0.3 is 1.43 Å². The maximum atomic E-state index is 5.55. The molecule has 1 aliphatic rings. The first kappa shape index (κ1) is 5.06. The molecule has 1 rings (SSSR count). The van der Waals surface area contributed by atoms with Crippen molar-refractivity contribution < 1.29 is 1.43 Å². The highest BCUT2D eigenvalue weighted by atomic mass is 14.8. The molecule has 2 heteroatoms. The predicted octanol–water partition coefficient (Wildman–Crippen LogP) is -0.0626. The first-order chi connectivity index (χ1) is 3.30. The average Bonchev–Trinajstić information content (AvgIpc) is 1.91. The van der Waals surface area contributed by atoms with Crippen LogP contribution in [0.2, 0.25) is 0 Å². The molecular weight excluding hydrogens is 88.1 g/mol. The Morgan fingerprint density at radius 2 is 1.57 bits per heavy atom. The number of nitrogens with two attached hydrogens (primary N) is 2. The largest absolute Gasteiger partial charge is 1.00 e. The van der Waals surface area contributed by atoms with Crippen LogP contribution in [0, 0.1) is 0 Å². The van der Waals surface area contributed by atoms with Crippen molar-refractivity contribution in [2.24, 2.45) is 11.5 Å². The van der Waals surface area contributed by atoms with Gasteiger partial charge in [0.15, 0.2) is 0 Å². The highest BCUT2D eigenvalue weighted by molar-refractivity contribution is 4.82. The Labute approximate surface area is 45.4 Å². The van der Waals surface area contributed by atoms with E-state index in [1.54, 1.807) is 0 Å². The van der Waals surface area contributed by atoms with Gasteiger partial charge in [0.2, 0.25) is 0 Å². The lowest BCUT2D eigenvalue weighted by Crippen LogP contribution is -2.35. The van der Waals surface area contributed by atoms with Gasteiger partial charge in [0, 0.05) is 12.1 Å². The summed E-state index contributed by atoms with van der Waals surface area (Å²) in [6, 6.07) is 0.583. The smallest absolute Gasteiger partial charge is 0.326 e. The summed E-state index contributed by atoms with van der Waals surface area (Å²) in [5.74, 6) is 0. The molecule has 0 radical (unpaired) electrons. The zero-order valence-electron chi connectivity index (χ0n) is 5.43. The molecule has 4 N–H and O–H groups in total. The van der Waals surface area contributed by atoms with Crippen molar-refractivity contribution in [3.8, 4) is 0 Å². The standard InChI is InChI=1S/C5H12N2/c6-4-2-1-3-5(4)7/h4-5H,1-3,6-7H2/p+1/t4-,5-/m1/s1. The van der Waals surface area contributed by atoms with Crippen LogP contribution < -0.4 is 11.5 Å². The summed E-state index contributed by atoms with van der Waals surface area (Å²) in [6.45, 7) is 0. The first-order valence-electron chi connectivity index (χ1n) is 2.82. The van der Waals surface area contributed by atoms with Gasteiger partial charge in [-0.3, -0.25) is 0 Å². The van der Waals surface area contributed by atoms with Crippen molar-refractivity contribution in [3.05, 3.63) is 0 Å². The predicted molar refractivity (Wildman–Crippen MR) is 30.9 cm³/mol. The van der Waals surface area contributed by atoms with E-state index in [2.05, 4.69) is 0 Å². The third kappa shape index (κ3) is 0.924. The minimum atomic E-state index is 0. The van der Waals surface area contributed by atoms with E-state index in [0.717, 1.165) is 12.8 Å². The molecule has 0 saturated heterocycles. The van der Waals surface area contributed by atoms with Gasteiger partial charge in [-0.15, -0.1) is 0 Å². The summed E-state index contributed by atoms with van der Waals surface area (Å²) < 4.78 is 0. The van der Waals surface area contributed by atoms with Crippen LogP contribution in [0.15, 0.2) is 0 Å². The lowest BCUT2D eigenvalue weighted by atomic mass is 10.2. The summed E-state index contributed by atoms with van der Waals surface area (Å²) in [5, 5.41) is 0. The molecule has 0 spiro atoms. The maximum absolute atomic E-state index is 5.55. The molecule has 1 saturated carbocycles. The van der Waals surface area contributed by atoms with Gasteiger partial charge in [0.25, 0.3) is 0 Å². The third-order valence-corrected chi connectivity index (χ3v) is 1.62. The molecule has 0 aromatic carbocycles. The van der Waals surface area contributed by atoms with E-state index >= 15 is 0 Å². The Hall–Kier alpha value is -0.0800. The van der Waals surface area contributed by atoms with Crippen molar-refractivity contribution in [1.82, 2.24) is 0 Å². The van der Waals surface area contributed by atoms with Crippen LogP contribution in [0.5, 0.6) is 0 Å². The SMILES string of the molecule is N[C@@H]1CCC[C@H]1N.[H+]. The van der Waals surface area contributed by atoms with Crippen molar-refractivity contribution in [3.63, 3.8) is 0 Å². The van der Waals surface area contributed by atoms with Gasteiger partial charge in [-0.05, 0) is 12.8 Å². The van der Waals surface area contributed by atoms with Gasteiger partial charge in [0.05, 0.1) is 0 Å². The van der Waals surface area contributed by atoms with Crippen molar-refractivity contribution in [1.29, 1.82) is 0 Å². The molecule has 0 unspecified atom stereocenters. The van der Waals surface area contributed by atoms with E-state index in [9.17, 15) is 0 Å². The van der Waals surface area contributed by atoms with Crippen molar-refractivity contribution >= 4 is 0 Å². The molecule has 1 fully saturated rings. The van der Waals surface area contributed by atoms with Gasteiger partial charge < -0.3 is 11.5 Å². The van der Waals surface area contributed by atoms with Crippen molar-refractivity contribution in [2.75, 3.05) is 0 Å². The minimum absolute atomic E-state index is 0. The zero-order chi connectivity index (χ0) is 5.28. The topological polar surface area (TPSA) is 52.0 Å². The second-order valence-electron chi connectivity index (χ2n) is 2.26. The molecule has 42 valence electrons. The summed E-state index contributed by atoms with van der Waals surface area (Å²) in [4.78, 5) is 0. The molecule has 0 bridgehead atoms. The fourth-order valence-electron chi connectivity index (χ4n) is 1.02. The third-order valence-electron chi connectivity index (χ3n) is 1.62. The van der Waals surface area contributed by atoms with E-state index in [0.29, 0.717) is 12.1 Å². The molecule has 0 aromatic heterocycles. The molecule has 0 amide bonds. The monoisotopic (exact) mass is 101 g/mol. The highest BCUT2D eigenvalue weighted by Crippen LogP contribution is 2.13. The molecule has 7 heavy (non-hydrogen) atoms. The number of hydrogen-bond acceptors (Lipinski definition) is 2. The quantitative estimate of drug-likeness (QED) is 0.449. The summed E-state index contributed by atoms with van der Waals surface area (Å²) in [5.41, 5.74) is 11.1. The molecule has 0 heterocycles. The first-order valence-corrected chi connectivity index (χ1v) is 2.82. The Bertz CT molecular complexity index is 59.4. The van der Waals surface area contributed by atoms with Crippen LogP contribution >= 0.6 is 0 Å². The van der Waals surface area contributed by atoms with Crippen LogP contribution in [0.3, 0.4) is 0 Å². The van der Waals surface area contributed by atoms with E-state index in [1.807, 2.05) is 0 Å². The minimum Gasteiger partial charge on any atom is -0.326 e. The number of hydrogen-bond donors (Lipinski definition) is 2. The molecule has 2 nitrogen and oxygen atoms in total. The fraction of sp³-hybridized carbons (Fsp3) is 1.00. The molecule has 1 aliphatic carbocycles. The molecular formula is C5H13N2+. The highest BCUT2D eigenvalue weighted by Gasteiger charge is 2.18. The average molecular weight is 101 g/mol. The van der Waals surface area contributed by atoms with Gasteiger partial charge in [-0.1, -0.05) is 6.42 Å². The van der Waals surface area contributed by atoms with Gasteiger partial charge in [0.1, 0.15) is 0 Å². The lowest BCUT2D eigenvalue weighted by Gasteiger charge is -2.05. The van der Waals surface area contributed by atoms with Crippen LogP contribution in [0.4, 0.5) is 0 Å². The van der Waals surface area contributed by atoms with E-state index < -0.39 is 0 Å². The van der Waals surface area contributed by atoms with Gasteiger partial charge in [-0.2, -0.15) is 0 Å². The van der Waals surface area contributed by atoms with E-state index in [4.69, 9.17) is 11.5 Å². The van der Waals surface area contributed by atoms with Crippen molar-refractivity contribution in [2.45, 2.75) is 31.3 Å². The summed E-state index contributed by atoms with van der Waals surface area (Å²) >= 11 is 0. The summed E-state index contributed by atoms with van der Waals surface area (Å²) in [7, 11) is 0. The van der Waals surface area contributed by atoms with Crippen LogP contribution in [0.25, 0.3) is 0 Å². The molecule has 0 aromatic rings. The molecule has 0 aliphatic heterocycles. The second kappa shape index (κ2) is 1.80. The fourth-order valence-corrected chi connectivity index (χ4v) is 1.02. The molecule has 2 atom stereocenters. The summed E-state index contributed by atoms with van der Waals surface area (Å²) in [6.07, 6.45) is 3.48. The van der Waals surface area contributed by atoms with Crippen LogP contribution in [-0.2, 0) is 0 Å². The Morgan fingerprint density at radius 1 is 1.14 bits per heavy atom.